The van der Waals surface area contributed by atoms with Gasteiger partial charge in [-0.15, -0.1) is 0 Å². The third kappa shape index (κ3) is 5.52. The number of sulfonamides is 1. The van der Waals surface area contributed by atoms with Gasteiger partial charge in [0.25, 0.3) is 5.91 Å². The summed E-state index contributed by atoms with van der Waals surface area (Å²) in [5.41, 5.74) is 2.33. The van der Waals surface area contributed by atoms with E-state index >= 15 is 0 Å². The molecule has 0 N–H and O–H groups in total. The van der Waals surface area contributed by atoms with E-state index in [0.717, 1.165) is 26.7 Å². The maximum absolute atomic E-state index is 13.1. The fourth-order valence-corrected chi connectivity index (χ4v) is 6.65. The molecule has 0 unspecified atom stereocenters. The Morgan fingerprint density at radius 2 is 1.71 bits per heavy atom. The number of carbonyl (C=O) groups is 1. The van der Waals surface area contributed by atoms with Crippen molar-refractivity contribution in [3.05, 3.63) is 83.9 Å². The molecule has 0 aliphatic carbocycles. The molecule has 0 saturated carbocycles. The van der Waals surface area contributed by atoms with Crippen LogP contribution in [0, 0.1) is 0 Å². The Morgan fingerprint density at radius 3 is 2.39 bits per heavy atom. The van der Waals surface area contributed by atoms with Crippen molar-refractivity contribution in [3.63, 3.8) is 0 Å². The molecular weight excluding hydrogens is 520 g/mol. The van der Waals surface area contributed by atoms with Crippen LogP contribution in [0.1, 0.15) is 22.8 Å². The fraction of sp³-hybridized carbons (Fsp3) is 0.286. The summed E-state index contributed by atoms with van der Waals surface area (Å²) < 4.78 is 34.0. The minimum atomic E-state index is -3.67. The Bertz CT molecular complexity index is 1510. The first kappa shape index (κ1) is 26.1. The van der Waals surface area contributed by atoms with E-state index in [0.29, 0.717) is 38.3 Å². The van der Waals surface area contributed by atoms with E-state index in [1.165, 1.54) is 16.4 Å². The summed E-state index contributed by atoms with van der Waals surface area (Å²) >= 11 is 1.63. The number of fused-ring (bicyclic) bond motifs is 1. The second-order valence-corrected chi connectivity index (χ2v) is 12.2. The molecule has 1 saturated heterocycles. The van der Waals surface area contributed by atoms with Crippen LogP contribution in [0.3, 0.4) is 0 Å². The summed E-state index contributed by atoms with van der Waals surface area (Å²) in [6, 6.07) is 21.6. The molecule has 2 heterocycles. The number of anilines is 1. The summed E-state index contributed by atoms with van der Waals surface area (Å²) in [5, 5.41) is 0.940. The molecule has 10 heteroatoms. The van der Waals surface area contributed by atoms with E-state index in [2.05, 4.69) is 4.90 Å². The lowest BCUT2D eigenvalue weighted by Gasteiger charge is -2.34. The lowest BCUT2D eigenvalue weighted by Crippen LogP contribution is -2.48. The largest absolute Gasteiger partial charge is 0.494 e. The van der Waals surface area contributed by atoms with Crippen LogP contribution < -0.4 is 9.64 Å². The molecule has 0 spiro atoms. The number of carbonyl (C=O) groups excluding carboxylic acids is 1. The SMILES string of the molecule is CCOc1ccc2nc(N3CCN(C(=O)c4ccc(S(=O)(=O)N(C)Cc5ccccc5)cc4)CC3)sc2c1. The molecular formula is C28H30N4O4S2. The van der Waals surface area contributed by atoms with Gasteiger partial charge in [-0.25, -0.2) is 13.4 Å². The third-order valence-electron chi connectivity index (χ3n) is 6.55. The topological polar surface area (TPSA) is 83.0 Å². The van der Waals surface area contributed by atoms with Crippen LogP contribution >= 0.6 is 11.3 Å². The van der Waals surface area contributed by atoms with Gasteiger partial charge in [-0.05, 0) is 55.0 Å². The highest BCUT2D eigenvalue weighted by Gasteiger charge is 2.25. The molecule has 1 aliphatic heterocycles. The third-order valence-corrected chi connectivity index (χ3v) is 9.45. The number of hydrogen-bond donors (Lipinski definition) is 0. The van der Waals surface area contributed by atoms with Crippen LogP contribution in [0.2, 0.25) is 0 Å². The highest BCUT2D eigenvalue weighted by atomic mass is 32.2. The maximum Gasteiger partial charge on any atom is 0.253 e. The first-order chi connectivity index (χ1) is 18.3. The van der Waals surface area contributed by atoms with Gasteiger partial charge < -0.3 is 14.5 Å². The molecule has 1 fully saturated rings. The number of aromatic nitrogens is 1. The van der Waals surface area contributed by atoms with E-state index in [1.54, 1.807) is 30.5 Å². The van der Waals surface area contributed by atoms with Gasteiger partial charge in [0, 0.05) is 45.3 Å². The van der Waals surface area contributed by atoms with Gasteiger partial charge in [0.05, 0.1) is 21.7 Å². The average Bonchev–Trinajstić information content (AvgIpc) is 3.37. The minimum Gasteiger partial charge on any atom is -0.494 e. The van der Waals surface area contributed by atoms with Crippen LogP contribution in [0.4, 0.5) is 5.13 Å². The van der Waals surface area contributed by atoms with Crippen molar-refractivity contribution >= 4 is 42.6 Å². The second-order valence-electron chi connectivity index (χ2n) is 9.11. The second kappa shape index (κ2) is 11.1. The predicted octanol–water partition coefficient (Wildman–Crippen LogP) is 4.48. The average molecular weight is 551 g/mol. The molecule has 5 rings (SSSR count). The Labute approximate surface area is 227 Å². The number of rotatable bonds is 8. The number of amides is 1. The van der Waals surface area contributed by atoms with Crippen LogP contribution in [0.15, 0.2) is 77.7 Å². The standard InChI is InChI=1S/C28H30N4O4S2/c1-3-36-23-11-14-25-26(19-23)37-28(29-25)32-17-15-31(16-18-32)27(33)22-9-12-24(13-10-22)38(34,35)30(2)20-21-7-5-4-6-8-21/h4-14,19H,3,15-18,20H2,1-2H3. The number of piperazine rings is 1. The number of hydrogen-bond acceptors (Lipinski definition) is 7. The fourth-order valence-electron chi connectivity index (χ4n) is 4.44. The first-order valence-corrected chi connectivity index (χ1v) is 14.8. The first-order valence-electron chi connectivity index (χ1n) is 12.5. The summed E-state index contributed by atoms with van der Waals surface area (Å²) in [4.78, 5) is 22.1. The Balaban J connectivity index is 1.20. The monoisotopic (exact) mass is 550 g/mol. The Kier molecular flexibility index (Phi) is 7.64. The highest BCUT2D eigenvalue weighted by Crippen LogP contribution is 2.32. The minimum absolute atomic E-state index is 0.100. The van der Waals surface area contributed by atoms with Gasteiger partial charge in [-0.3, -0.25) is 4.79 Å². The van der Waals surface area contributed by atoms with Crippen molar-refractivity contribution in [2.75, 3.05) is 44.7 Å². The van der Waals surface area contributed by atoms with Crippen molar-refractivity contribution in [3.8, 4) is 5.75 Å². The van der Waals surface area contributed by atoms with Crippen LogP contribution in [0.25, 0.3) is 10.2 Å². The molecule has 4 aromatic rings. The molecule has 0 atom stereocenters. The van der Waals surface area contributed by atoms with Crippen LogP contribution in [-0.2, 0) is 16.6 Å². The van der Waals surface area contributed by atoms with Crippen molar-refractivity contribution in [1.29, 1.82) is 0 Å². The molecule has 1 amide bonds. The summed E-state index contributed by atoms with van der Waals surface area (Å²) in [6.07, 6.45) is 0. The van der Waals surface area contributed by atoms with E-state index in [9.17, 15) is 13.2 Å². The van der Waals surface area contributed by atoms with E-state index in [4.69, 9.17) is 9.72 Å². The number of benzene rings is 3. The van der Waals surface area contributed by atoms with Gasteiger partial charge in [-0.1, -0.05) is 41.7 Å². The summed E-state index contributed by atoms with van der Waals surface area (Å²) in [7, 11) is -2.11. The molecule has 0 radical (unpaired) electrons. The van der Waals surface area contributed by atoms with E-state index in [-0.39, 0.29) is 17.3 Å². The zero-order valence-electron chi connectivity index (χ0n) is 21.4. The van der Waals surface area contributed by atoms with Gasteiger partial charge in [0.2, 0.25) is 10.0 Å². The lowest BCUT2D eigenvalue weighted by molar-refractivity contribution is 0.0746. The zero-order valence-corrected chi connectivity index (χ0v) is 23.0. The molecule has 38 heavy (non-hydrogen) atoms. The lowest BCUT2D eigenvalue weighted by atomic mass is 10.2. The quantitative estimate of drug-likeness (QED) is 0.322. The van der Waals surface area contributed by atoms with E-state index < -0.39 is 10.0 Å². The van der Waals surface area contributed by atoms with E-state index in [1.807, 2.05) is 60.4 Å². The predicted molar refractivity (Wildman–Crippen MR) is 150 cm³/mol. The summed E-state index contributed by atoms with van der Waals surface area (Å²) in [5.74, 6) is 0.740. The van der Waals surface area contributed by atoms with Crippen LogP contribution in [-0.4, -0.2) is 68.3 Å². The van der Waals surface area contributed by atoms with Crippen molar-refractivity contribution in [1.82, 2.24) is 14.2 Å². The zero-order chi connectivity index (χ0) is 26.7. The Hall–Kier alpha value is -3.47. The van der Waals surface area contributed by atoms with Gasteiger partial charge in [0.1, 0.15) is 5.75 Å². The summed E-state index contributed by atoms with van der Waals surface area (Å²) in [6.45, 7) is 5.36. The number of ether oxygens (including phenoxy) is 1. The van der Waals surface area contributed by atoms with Crippen molar-refractivity contribution < 1.29 is 17.9 Å². The number of nitrogens with zero attached hydrogens (tertiary/aromatic N) is 4. The van der Waals surface area contributed by atoms with Crippen molar-refractivity contribution in [2.45, 2.75) is 18.4 Å². The van der Waals surface area contributed by atoms with Crippen molar-refractivity contribution in [2.24, 2.45) is 0 Å². The number of thiazole rings is 1. The van der Waals surface area contributed by atoms with Gasteiger partial charge in [0.15, 0.2) is 5.13 Å². The maximum atomic E-state index is 13.1. The molecule has 8 nitrogen and oxygen atoms in total. The molecule has 3 aromatic carbocycles. The van der Waals surface area contributed by atoms with Gasteiger partial charge in [-0.2, -0.15) is 4.31 Å². The molecule has 1 aromatic heterocycles. The molecule has 1 aliphatic rings. The Morgan fingerprint density at radius 1 is 1.00 bits per heavy atom. The van der Waals surface area contributed by atoms with Crippen LogP contribution in [0.5, 0.6) is 5.75 Å². The van der Waals surface area contributed by atoms with Gasteiger partial charge >= 0.3 is 0 Å². The molecule has 198 valence electrons. The molecule has 0 bridgehead atoms. The highest BCUT2D eigenvalue weighted by molar-refractivity contribution is 7.89. The smallest absolute Gasteiger partial charge is 0.253 e. The normalized spacial score (nSPS) is 14.3.